The number of allylic oxidation sites excluding steroid dienone is 5. The Morgan fingerprint density at radius 3 is 2.85 bits per heavy atom. The Bertz CT molecular complexity index is 611. The summed E-state index contributed by atoms with van der Waals surface area (Å²) < 4.78 is 1.66. The van der Waals surface area contributed by atoms with E-state index in [-0.39, 0.29) is 16.5 Å². The maximum absolute atomic E-state index is 11.4. The number of carboxylic acids is 1. The zero-order chi connectivity index (χ0) is 14.9. The molecule has 0 saturated heterocycles. The van der Waals surface area contributed by atoms with Crippen molar-refractivity contribution in [2.45, 2.75) is 36.7 Å². The van der Waals surface area contributed by atoms with Crippen molar-refractivity contribution >= 4 is 17.7 Å². The Morgan fingerprint density at radius 2 is 2.30 bits per heavy atom. The third kappa shape index (κ3) is 2.33. The summed E-state index contributed by atoms with van der Waals surface area (Å²) in [7, 11) is 0. The van der Waals surface area contributed by atoms with E-state index < -0.39 is 5.97 Å². The molecule has 1 atom stereocenters. The van der Waals surface area contributed by atoms with Gasteiger partial charge in [-0.2, -0.15) is 0 Å². The maximum Gasteiger partial charge on any atom is 0.354 e. The molecule has 1 N–H and O–H groups in total. The van der Waals surface area contributed by atoms with Crippen LogP contribution in [0.1, 0.15) is 37.3 Å². The van der Waals surface area contributed by atoms with E-state index in [1.54, 1.807) is 17.8 Å². The van der Waals surface area contributed by atoms with Crippen LogP contribution in [0.5, 0.6) is 0 Å². The molecular weight excluding hydrogens is 272 g/mol. The predicted octanol–water partition coefficient (Wildman–Crippen LogP) is 3.70. The number of nitrogens with zero attached hydrogens (tertiary/aromatic N) is 2. The molecule has 1 aliphatic heterocycles. The molecule has 0 fully saturated rings. The van der Waals surface area contributed by atoms with Crippen molar-refractivity contribution in [2.75, 3.05) is 0 Å². The highest BCUT2D eigenvalue weighted by atomic mass is 32.2. The van der Waals surface area contributed by atoms with E-state index in [1.165, 1.54) is 6.20 Å². The number of thioether (sulfide) groups is 1. The molecule has 2 rings (SSSR count). The number of fused-ring (bicyclic) bond motifs is 1. The van der Waals surface area contributed by atoms with Gasteiger partial charge in [0.05, 0.1) is 12.2 Å². The minimum absolute atomic E-state index is 0.0581. The van der Waals surface area contributed by atoms with Gasteiger partial charge in [0.25, 0.3) is 0 Å². The van der Waals surface area contributed by atoms with Crippen LogP contribution in [-0.2, 0) is 0 Å². The van der Waals surface area contributed by atoms with Gasteiger partial charge in [-0.1, -0.05) is 42.6 Å². The monoisotopic (exact) mass is 290 g/mol. The Kier molecular flexibility index (Phi) is 3.90. The quantitative estimate of drug-likeness (QED) is 0.859. The number of hydrogen-bond donors (Lipinski definition) is 1. The predicted molar refractivity (Wildman–Crippen MR) is 81.3 cm³/mol. The number of hydrogen-bond acceptors (Lipinski definition) is 3. The van der Waals surface area contributed by atoms with Gasteiger partial charge < -0.3 is 9.67 Å². The third-order valence-electron chi connectivity index (χ3n) is 3.33. The topological polar surface area (TPSA) is 55.1 Å². The number of imidazole rings is 1. The molecule has 0 saturated carbocycles. The lowest BCUT2D eigenvalue weighted by Crippen LogP contribution is -2.27. The van der Waals surface area contributed by atoms with Gasteiger partial charge in [0.15, 0.2) is 5.16 Å². The molecule has 0 spiro atoms. The van der Waals surface area contributed by atoms with Crippen LogP contribution in [0.25, 0.3) is 0 Å². The average Bonchev–Trinajstić information content (AvgIpc) is 2.86. The van der Waals surface area contributed by atoms with Gasteiger partial charge in [-0.05, 0) is 26.3 Å². The molecule has 1 aromatic heterocycles. The molecule has 1 aromatic rings. The molecule has 1 unspecified atom stereocenters. The highest BCUT2D eigenvalue weighted by Crippen LogP contribution is 2.51. The van der Waals surface area contributed by atoms with Crippen LogP contribution >= 0.6 is 11.8 Å². The van der Waals surface area contributed by atoms with E-state index in [0.717, 1.165) is 10.7 Å². The van der Waals surface area contributed by atoms with Crippen LogP contribution in [0.15, 0.2) is 47.8 Å². The zero-order valence-corrected chi connectivity index (χ0v) is 12.6. The van der Waals surface area contributed by atoms with Crippen molar-refractivity contribution in [3.05, 3.63) is 48.3 Å². The van der Waals surface area contributed by atoms with Gasteiger partial charge in [-0.25, -0.2) is 9.78 Å². The highest BCUT2D eigenvalue weighted by Gasteiger charge is 2.44. The molecule has 0 aliphatic carbocycles. The smallest absolute Gasteiger partial charge is 0.354 e. The number of carboxylic acid groups (broad SMARTS) is 1. The van der Waals surface area contributed by atoms with E-state index >= 15 is 0 Å². The fraction of sp³-hybridized carbons (Fsp3) is 0.333. The lowest BCUT2D eigenvalue weighted by Gasteiger charge is -2.28. The first-order valence-electron chi connectivity index (χ1n) is 6.37. The first-order chi connectivity index (χ1) is 9.42. The normalized spacial score (nSPS) is 21.1. The summed E-state index contributed by atoms with van der Waals surface area (Å²) in [4.78, 5) is 15.6. The molecule has 0 radical (unpaired) electrons. The van der Waals surface area contributed by atoms with Crippen molar-refractivity contribution in [1.29, 1.82) is 0 Å². The van der Waals surface area contributed by atoms with Crippen molar-refractivity contribution < 1.29 is 9.90 Å². The molecule has 20 heavy (non-hydrogen) atoms. The summed E-state index contributed by atoms with van der Waals surface area (Å²) in [6.45, 7) is 9.84. The highest BCUT2D eigenvalue weighted by molar-refractivity contribution is 8.00. The van der Waals surface area contributed by atoms with Crippen LogP contribution in [0.3, 0.4) is 0 Å². The molecule has 0 aromatic carbocycles. The van der Waals surface area contributed by atoms with Gasteiger partial charge in [0, 0.05) is 4.75 Å². The Hall–Kier alpha value is -1.75. The zero-order valence-electron chi connectivity index (χ0n) is 11.8. The Morgan fingerprint density at radius 1 is 1.60 bits per heavy atom. The minimum atomic E-state index is -0.949. The van der Waals surface area contributed by atoms with Gasteiger partial charge in [0.2, 0.25) is 0 Å². The standard InChI is InChI=1S/C15H18N2O2S/c1-5-7-8-10(6-2)12-15(3,4)20-14-16-9-11(13(18)19)17(12)14/h5-9,12H,1H2,2-4H3,(H,18,19)/b8-7-,10-6+. The summed E-state index contributed by atoms with van der Waals surface area (Å²) in [5, 5.41) is 10.1. The van der Waals surface area contributed by atoms with E-state index in [9.17, 15) is 9.90 Å². The molecule has 1 aliphatic rings. The summed E-state index contributed by atoms with van der Waals surface area (Å²) in [5.74, 6) is -0.949. The van der Waals surface area contributed by atoms with Gasteiger partial charge in [-0.15, -0.1) is 0 Å². The van der Waals surface area contributed by atoms with Gasteiger partial charge in [0.1, 0.15) is 5.69 Å². The summed E-state index contributed by atoms with van der Waals surface area (Å²) in [5.41, 5.74) is 1.29. The molecule has 5 heteroatoms. The van der Waals surface area contributed by atoms with E-state index in [2.05, 4.69) is 25.4 Å². The Balaban J connectivity index is 2.57. The Labute approximate surface area is 122 Å². The van der Waals surface area contributed by atoms with Crippen LogP contribution in [0, 0.1) is 0 Å². The van der Waals surface area contributed by atoms with Crippen LogP contribution < -0.4 is 0 Å². The molecule has 4 nitrogen and oxygen atoms in total. The first kappa shape index (κ1) is 14.7. The second kappa shape index (κ2) is 5.32. The van der Waals surface area contributed by atoms with Crippen LogP contribution in [0.2, 0.25) is 0 Å². The minimum Gasteiger partial charge on any atom is -0.477 e. The summed E-state index contributed by atoms with van der Waals surface area (Å²) >= 11 is 1.60. The van der Waals surface area contributed by atoms with E-state index in [1.807, 2.05) is 29.7 Å². The largest absolute Gasteiger partial charge is 0.477 e. The van der Waals surface area contributed by atoms with Crippen molar-refractivity contribution in [1.82, 2.24) is 9.55 Å². The van der Waals surface area contributed by atoms with Gasteiger partial charge in [-0.3, -0.25) is 0 Å². The molecular formula is C15H18N2O2S. The van der Waals surface area contributed by atoms with Crippen molar-refractivity contribution in [3.63, 3.8) is 0 Å². The molecule has 0 bridgehead atoms. The SMILES string of the molecule is C=C/C=C\C(=C/C)C1n2c(C(=O)O)cnc2SC1(C)C. The number of aromatic nitrogens is 2. The average molecular weight is 290 g/mol. The molecule has 0 amide bonds. The van der Waals surface area contributed by atoms with E-state index in [4.69, 9.17) is 0 Å². The maximum atomic E-state index is 11.4. The van der Waals surface area contributed by atoms with Crippen LogP contribution in [-0.4, -0.2) is 25.4 Å². The second-order valence-electron chi connectivity index (χ2n) is 5.09. The van der Waals surface area contributed by atoms with Crippen molar-refractivity contribution in [3.8, 4) is 0 Å². The third-order valence-corrected chi connectivity index (χ3v) is 4.56. The lowest BCUT2D eigenvalue weighted by atomic mass is 9.94. The van der Waals surface area contributed by atoms with Crippen molar-refractivity contribution in [2.24, 2.45) is 0 Å². The first-order valence-corrected chi connectivity index (χ1v) is 7.19. The summed E-state index contributed by atoms with van der Waals surface area (Å²) in [6, 6.07) is -0.0581. The van der Waals surface area contributed by atoms with Crippen LogP contribution in [0.4, 0.5) is 0 Å². The lowest BCUT2D eigenvalue weighted by molar-refractivity contribution is 0.0682. The second-order valence-corrected chi connectivity index (χ2v) is 6.71. The van der Waals surface area contributed by atoms with E-state index in [0.29, 0.717) is 0 Å². The van der Waals surface area contributed by atoms with Gasteiger partial charge >= 0.3 is 5.97 Å². The fourth-order valence-electron chi connectivity index (χ4n) is 2.50. The summed E-state index contributed by atoms with van der Waals surface area (Å²) in [6.07, 6.45) is 8.99. The molecule has 2 heterocycles. The fourth-order valence-corrected chi connectivity index (χ4v) is 3.74. The molecule has 106 valence electrons. The number of carbonyl (C=O) groups is 1. The number of rotatable bonds is 4. The number of aromatic carboxylic acids is 1.